The summed E-state index contributed by atoms with van der Waals surface area (Å²) in [5, 5.41) is 18.9. The number of fused-ring (bicyclic) bond motifs is 1. The first kappa shape index (κ1) is 23.6. The van der Waals surface area contributed by atoms with Crippen molar-refractivity contribution in [1.29, 1.82) is 5.26 Å². The fraction of sp³-hybridized carbons (Fsp3) is 0.367. The molecule has 1 heterocycles. The number of nitriles is 1. The fourth-order valence-corrected chi connectivity index (χ4v) is 6.35. The van der Waals surface area contributed by atoms with Crippen molar-refractivity contribution in [2.75, 3.05) is 6.26 Å². The van der Waals surface area contributed by atoms with E-state index >= 15 is 0 Å². The minimum atomic E-state index is -0.322. The van der Waals surface area contributed by atoms with Crippen molar-refractivity contribution in [2.45, 2.75) is 69.6 Å². The quantitative estimate of drug-likeness (QED) is 0.269. The van der Waals surface area contributed by atoms with E-state index in [1.165, 1.54) is 38.3 Å². The molecule has 0 aliphatic heterocycles. The van der Waals surface area contributed by atoms with Crippen molar-refractivity contribution in [3.63, 3.8) is 0 Å². The van der Waals surface area contributed by atoms with Gasteiger partial charge in [-0.2, -0.15) is 5.26 Å². The SMILES string of the molecule is CCc1c(C)cc(-n2nnc3ccccc32)cc1C(C)c1cc(C2(C#N)CCC2)cc(SC)c1C. The van der Waals surface area contributed by atoms with Gasteiger partial charge in [-0.3, -0.25) is 0 Å². The van der Waals surface area contributed by atoms with Crippen LogP contribution in [0.1, 0.15) is 72.4 Å². The summed E-state index contributed by atoms with van der Waals surface area (Å²) >= 11 is 1.78. The number of aromatic nitrogens is 3. The molecule has 1 aromatic heterocycles. The van der Waals surface area contributed by atoms with Crippen molar-refractivity contribution in [1.82, 2.24) is 15.0 Å². The highest BCUT2D eigenvalue weighted by molar-refractivity contribution is 7.98. The Morgan fingerprint density at radius 2 is 1.89 bits per heavy atom. The number of rotatable bonds is 6. The van der Waals surface area contributed by atoms with E-state index in [9.17, 15) is 5.26 Å². The molecule has 0 saturated heterocycles. The zero-order valence-corrected chi connectivity index (χ0v) is 22.0. The van der Waals surface area contributed by atoms with Crippen molar-refractivity contribution < 1.29 is 0 Å². The van der Waals surface area contributed by atoms with Crippen LogP contribution in [0.4, 0.5) is 0 Å². The van der Waals surface area contributed by atoms with E-state index < -0.39 is 0 Å². The summed E-state index contributed by atoms with van der Waals surface area (Å²) in [6, 6.07) is 19.9. The van der Waals surface area contributed by atoms with E-state index in [-0.39, 0.29) is 11.3 Å². The molecule has 178 valence electrons. The van der Waals surface area contributed by atoms with Crippen LogP contribution in [-0.4, -0.2) is 21.2 Å². The first-order valence-corrected chi connectivity index (χ1v) is 13.7. The Hall–Kier alpha value is -3.10. The van der Waals surface area contributed by atoms with Crippen molar-refractivity contribution in [3.05, 3.63) is 81.9 Å². The molecule has 5 heteroatoms. The van der Waals surface area contributed by atoms with E-state index in [4.69, 9.17) is 0 Å². The van der Waals surface area contributed by atoms with Crippen molar-refractivity contribution >= 4 is 22.8 Å². The number of hydrogen-bond acceptors (Lipinski definition) is 4. The third-order valence-corrected chi connectivity index (χ3v) is 8.83. The molecule has 3 aromatic carbocycles. The highest BCUT2D eigenvalue weighted by Gasteiger charge is 2.40. The first-order valence-electron chi connectivity index (χ1n) is 12.5. The number of para-hydroxylation sites is 1. The topological polar surface area (TPSA) is 54.5 Å². The average Bonchev–Trinajstić information content (AvgIpc) is 3.27. The predicted octanol–water partition coefficient (Wildman–Crippen LogP) is 7.42. The van der Waals surface area contributed by atoms with E-state index in [2.05, 4.69) is 80.7 Å². The predicted molar refractivity (Wildman–Crippen MR) is 145 cm³/mol. The normalized spacial score (nSPS) is 15.5. The van der Waals surface area contributed by atoms with Gasteiger partial charge >= 0.3 is 0 Å². The lowest BCUT2D eigenvalue weighted by atomic mass is 9.65. The van der Waals surface area contributed by atoms with E-state index in [1.54, 1.807) is 11.8 Å². The van der Waals surface area contributed by atoms with Crippen LogP contribution < -0.4 is 0 Å². The highest BCUT2D eigenvalue weighted by Crippen LogP contribution is 2.46. The Kier molecular flexibility index (Phi) is 6.19. The van der Waals surface area contributed by atoms with Crippen LogP contribution in [0.3, 0.4) is 0 Å². The zero-order chi connectivity index (χ0) is 24.7. The Morgan fingerprint density at radius 1 is 1.11 bits per heavy atom. The molecule has 35 heavy (non-hydrogen) atoms. The summed E-state index contributed by atoms with van der Waals surface area (Å²) in [4.78, 5) is 1.28. The first-order chi connectivity index (χ1) is 16.9. The van der Waals surface area contributed by atoms with Crippen LogP contribution in [0.5, 0.6) is 0 Å². The lowest BCUT2D eigenvalue weighted by molar-refractivity contribution is 0.323. The summed E-state index contributed by atoms with van der Waals surface area (Å²) in [6.45, 7) is 8.98. The maximum Gasteiger partial charge on any atom is 0.113 e. The van der Waals surface area contributed by atoms with Gasteiger partial charge in [0.05, 0.1) is 22.7 Å². The van der Waals surface area contributed by atoms with Gasteiger partial charge in [-0.1, -0.05) is 37.3 Å². The van der Waals surface area contributed by atoms with Gasteiger partial charge in [-0.15, -0.1) is 16.9 Å². The number of benzene rings is 3. The molecule has 0 bridgehead atoms. The molecule has 0 radical (unpaired) electrons. The molecule has 0 spiro atoms. The molecule has 1 atom stereocenters. The highest BCUT2D eigenvalue weighted by atomic mass is 32.2. The smallest absolute Gasteiger partial charge is 0.113 e. The average molecular weight is 481 g/mol. The lowest BCUT2D eigenvalue weighted by Crippen LogP contribution is -2.32. The molecule has 4 aromatic rings. The molecule has 4 nitrogen and oxygen atoms in total. The standard InChI is InChI=1S/C30H32N4S/c1-6-24-19(2)14-23(34-28-11-8-7-10-27(28)32-33-34)17-26(24)20(3)25-15-22(16-29(35-5)21(25)4)30(18-31)12-9-13-30/h7-8,10-11,14-17,20H,6,9,12-13H2,1-5H3. The number of aryl methyl sites for hydroxylation is 1. The second-order valence-electron chi connectivity index (χ2n) is 9.84. The second kappa shape index (κ2) is 9.17. The van der Waals surface area contributed by atoms with Gasteiger partial charge < -0.3 is 0 Å². The van der Waals surface area contributed by atoms with Crippen LogP contribution in [-0.2, 0) is 11.8 Å². The maximum absolute atomic E-state index is 10.0. The van der Waals surface area contributed by atoms with Gasteiger partial charge in [-0.05, 0) is 109 Å². The molecule has 0 N–H and O–H groups in total. The third kappa shape index (κ3) is 3.85. The van der Waals surface area contributed by atoms with Crippen molar-refractivity contribution in [3.8, 4) is 11.8 Å². The lowest BCUT2D eigenvalue weighted by Gasteiger charge is -2.37. The Morgan fingerprint density at radius 3 is 2.54 bits per heavy atom. The van der Waals surface area contributed by atoms with E-state index in [0.29, 0.717) is 0 Å². The molecule has 5 rings (SSSR count). The Bertz CT molecular complexity index is 1460. The Labute approximate surface area is 212 Å². The maximum atomic E-state index is 10.0. The van der Waals surface area contributed by atoms with Crippen LogP contribution in [0.25, 0.3) is 16.7 Å². The summed E-state index contributed by atoms with van der Waals surface area (Å²) in [5.74, 6) is 0.194. The van der Waals surface area contributed by atoms with E-state index in [1.807, 2.05) is 22.9 Å². The summed E-state index contributed by atoms with van der Waals surface area (Å²) < 4.78 is 1.95. The van der Waals surface area contributed by atoms with Gasteiger partial charge in [0.25, 0.3) is 0 Å². The number of nitrogens with zero attached hydrogens (tertiary/aromatic N) is 4. The third-order valence-electron chi connectivity index (χ3n) is 7.97. The van der Waals surface area contributed by atoms with Gasteiger partial charge in [0.2, 0.25) is 0 Å². The van der Waals surface area contributed by atoms with Crippen LogP contribution in [0.15, 0.2) is 53.4 Å². The second-order valence-corrected chi connectivity index (χ2v) is 10.7. The molecule has 0 amide bonds. The largest absolute Gasteiger partial charge is 0.213 e. The molecule has 1 fully saturated rings. The monoisotopic (exact) mass is 480 g/mol. The summed E-state index contributed by atoms with van der Waals surface area (Å²) in [6.07, 6.45) is 6.16. The zero-order valence-electron chi connectivity index (χ0n) is 21.2. The van der Waals surface area contributed by atoms with E-state index in [0.717, 1.165) is 42.4 Å². The minimum Gasteiger partial charge on any atom is -0.213 e. The molecular weight excluding hydrogens is 448 g/mol. The number of thioether (sulfide) groups is 1. The number of hydrogen-bond donors (Lipinski definition) is 0. The van der Waals surface area contributed by atoms with Gasteiger partial charge in [-0.25, -0.2) is 4.68 Å². The van der Waals surface area contributed by atoms with Gasteiger partial charge in [0.15, 0.2) is 0 Å². The van der Waals surface area contributed by atoms with Crippen LogP contribution in [0.2, 0.25) is 0 Å². The van der Waals surface area contributed by atoms with Gasteiger partial charge in [0, 0.05) is 10.8 Å². The van der Waals surface area contributed by atoms with Gasteiger partial charge in [0.1, 0.15) is 5.52 Å². The molecule has 1 aliphatic carbocycles. The van der Waals surface area contributed by atoms with Crippen molar-refractivity contribution in [2.24, 2.45) is 0 Å². The molecule has 1 saturated carbocycles. The fourth-order valence-electron chi connectivity index (χ4n) is 5.69. The molecule has 1 unspecified atom stereocenters. The summed E-state index contributed by atoms with van der Waals surface area (Å²) in [7, 11) is 0. The molecule has 1 aliphatic rings. The van der Waals surface area contributed by atoms with Crippen LogP contribution in [0, 0.1) is 25.2 Å². The van der Waals surface area contributed by atoms with Crippen LogP contribution >= 0.6 is 11.8 Å². The minimum absolute atomic E-state index is 0.194. The molecular formula is C30H32N4S. The summed E-state index contributed by atoms with van der Waals surface area (Å²) in [5.41, 5.74) is 10.5. The Balaban J connectivity index is 1.68.